The number of aliphatic hydroxyl groups is 1. The first-order valence-electron chi connectivity index (χ1n) is 5.72. The van der Waals surface area contributed by atoms with Crippen molar-refractivity contribution in [2.75, 3.05) is 6.61 Å². The molecule has 0 saturated carbocycles. The average molecular weight is 218 g/mol. The number of aliphatic hydroxyl groups excluding tert-OH is 1. The molecule has 0 spiro atoms. The molecule has 0 amide bonds. The lowest BCUT2D eigenvalue weighted by molar-refractivity contribution is 0.236. The Labute approximate surface area is 89.6 Å². The normalized spacial score (nSPS) is 36.8. The highest BCUT2D eigenvalue weighted by molar-refractivity contribution is 7.87. The van der Waals surface area contributed by atoms with Crippen molar-refractivity contribution in [1.29, 1.82) is 0 Å². The van der Waals surface area contributed by atoms with Gasteiger partial charge in [-0.1, -0.05) is 39.5 Å². The Morgan fingerprint density at radius 3 is 2.57 bits per heavy atom. The first-order valence-corrected chi connectivity index (χ1v) is 7.00. The smallest absolute Gasteiger partial charge is 0.0621 e. The van der Waals surface area contributed by atoms with Gasteiger partial charge in [0, 0.05) is 16.0 Å². The molecule has 1 aliphatic heterocycles. The molecular weight excluding hydrogens is 196 g/mol. The molecule has 1 fully saturated rings. The van der Waals surface area contributed by atoms with E-state index in [-0.39, 0.29) is 11.9 Å². The van der Waals surface area contributed by atoms with Gasteiger partial charge in [-0.15, -0.1) is 0 Å². The second-order valence-corrected chi connectivity index (χ2v) is 6.27. The minimum atomic E-state index is -0.762. The second kappa shape index (κ2) is 5.86. The second-order valence-electron chi connectivity index (χ2n) is 4.27. The summed E-state index contributed by atoms with van der Waals surface area (Å²) in [6, 6.07) is 0. The zero-order chi connectivity index (χ0) is 10.6. The van der Waals surface area contributed by atoms with Gasteiger partial charge in [0.2, 0.25) is 0 Å². The van der Waals surface area contributed by atoms with E-state index in [1.165, 1.54) is 25.7 Å². The maximum atomic E-state index is 11.4. The van der Waals surface area contributed by atoms with Crippen LogP contribution in [0.5, 0.6) is 0 Å². The van der Waals surface area contributed by atoms with Gasteiger partial charge in [-0.25, -0.2) is 0 Å². The molecule has 1 rings (SSSR count). The van der Waals surface area contributed by atoms with Crippen LogP contribution in [0.25, 0.3) is 0 Å². The summed E-state index contributed by atoms with van der Waals surface area (Å²) in [5.74, 6) is 0.512. The predicted octanol–water partition coefficient (Wildman–Crippen LogP) is 2.08. The van der Waals surface area contributed by atoms with E-state index in [0.717, 1.165) is 6.42 Å². The van der Waals surface area contributed by atoms with Gasteiger partial charge in [0.25, 0.3) is 0 Å². The highest BCUT2D eigenvalue weighted by atomic mass is 32.2. The summed E-state index contributed by atoms with van der Waals surface area (Å²) >= 11 is 0. The highest BCUT2D eigenvalue weighted by Crippen LogP contribution is 2.35. The molecule has 0 radical (unpaired) electrons. The van der Waals surface area contributed by atoms with Crippen molar-refractivity contribution in [1.82, 2.24) is 0 Å². The third-order valence-electron chi connectivity index (χ3n) is 3.32. The van der Waals surface area contributed by atoms with E-state index in [2.05, 4.69) is 6.92 Å². The van der Waals surface area contributed by atoms with Gasteiger partial charge in [-0.3, -0.25) is 4.21 Å². The molecule has 1 N–H and O–H groups in total. The van der Waals surface area contributed by atoms with Crippen LogP contribution in [0, 0.1) is 5.92 Å². The topological polar surface area (TPSA) is 37.3 Å². The van der Waals surface area contributed by atoms with E-state index >= 15 is 0 Å². The van der Waals surface area contributed by atoms with Crippen molar-refractivity contribution in [3.05, 3.63) is 0 Å². The molecule has 1 saturated heterocycles. The lowest BCUT2D eigenvalue weighted by Gasteiger charge is -2.41. The molecule has 0 aromatic carbocycles. The quantitative estimate of drug-likeness (QED) is 0.693. The van der Waals surface area contributed by atoms with Crippen LogP contribution in [0.1, 0.15) is 46.0 Å². The fourth-order valence-electron chi connectivity index (χ4n) is 2.27. The summed E-state index contributed by atoms with van der Waals surface area (Å²) in [6.45, 7) is 4.36. The van der Waals surface area contributed by atoms with Crippen LogP contribution < -0.4 is 0 Å². The summed E-state index contributed by atoms with van der Waals surface area (Å²) in [7, 11) is -0.762. The van der Waals surface area contributed by atoms with Crippen molar-refractivity contribution in [3.8, 4) is 0 Å². The van der Waals surface area contributed by atoms with Crippen LogP contribution in [0.2, 0.25) is 0 Å². The Balaban J connectivity index is 2.20. The van der Waals surface area contributed by atoms with Crippen molar-refractivity contribution < 1.29 is 9.32 Å². The van der Waals surface area contributed by atoms with Crippen molar-refractivity contribution in [3.63, 3.8) is 0 Å². The summed E-state index contributed by atoms with van der Waals surface area (Å²) in [5, 5.41) is 9.44. The van der Waals surface area contributed by atoms with E-state index in [1.807, 2.05) is 6.92 Å². The van der Waals surface area contributed by atoms with Crippen LogP contribution in [-0.2, 0) is 10.8 Å². The van der Waals surface area contributed by atoms with Gasteiger partial charge in [0.15, 0.2) is 0 Å². The SMILES string of the molecule is CCCCCC[C@@H]1[C@@H](CO)S(=O)[C@H]1C. The fourth-order valence-corrected chi connectivity index (χ4v) is 4.08. The van der Waals surface area contributed by atoms with Crippen molar-refractivity contribution in [2.45, 2.75) is 56.5 Å². The Hall–Kier alpha value is 0.110. The fraction of sp³-hybridized carbons (Fsp3) is 1.00. The highest BCUT2D eigenvalue weighted by Gasteiger charge is 2.44. The summed E-state index contributed by atoms with van der Waals surface area (Å²) in [4.78, 5) is 0. The zero-order valence-electron chi connectivity index (χ0n) is 9.24. The molecule has 14 heavy (non-hydrogen) atoms. The standard InChI is InChI=1S/C11H22O2S/c1-3-4-5-6-7-10-9(2)14(13)11(10)8-12/h9-12H,3-8H2,1-2H3/t9-,10-,11+,14?/m0/s1. The van der Waals surface area contributed by atoms with Gasteiger partial charge in [-0.2, -0.15) is 0 Å². The number of hydrogen-bond donors (Lipinski definition) is 1. The van der Waals surface area contributed by atoms with Crippen LogP contribution in [0.15, 0.2) is 0 Å². The van der Waals surface area contributed by atoms with E-state index < -0.39 is 10.8 Å². The van der Waals surface area contributed by atoms with Crippen LogP contribution in [0.4, 0.5) is 0 Å². The van der Waals surface area contributed by atoms with Gasteiger partial charge < -0.3 is 5.11 Å². The maximum absolute atomic E-state index is 11.4. The average Bonchev–Trinajstić information content (AvgIpc) is 2.21. The molecule has 3 heteroatoms. The van der Waals surface area contributed by atoms with E-state index in [0.29, 0.717) is 11.2 Å². The third-order valence-corrected chi connectivity index (χ3v) is 5.49. The first-order chi connectivity index (χ1) is 6.72. The molecule has 2 nitrogen and oxygen atoms in total. The van der Waals surface area contributed by atoms with Crippen molar-refractivity contribution >= 4 is 10.8 Å². The minimum absolute atomic E-state index is 0.0756. The molecule has 0 aromatic heterocycles. The van der Waals surface area contributed by atoms with Crippen LogP contribution >= 0.6 is 0 Å². The lowest BCUT2D eigenvalue weighted by Crippen LogP contribution is -2.51. The molecule has 1 aliphatic rings. The Morgan fingerprint density at radius 1 is 1.29 bits per heavy atom. The molecule has 0 aliphatic carbocycles. The predicted molar refractivity (Wildman–Crippen MR) is 60.7 cm³/mol. The molecule has 84 valence electrons. The number of unbranched alkanes of at least 4 members (excludes halogenated alkanes) is 3. The summed E-state index contributed by atoms with van der Waals surface area (Å²) < 4.78 is 11.4. The third kappa shape index (κ3) is 2.57. The molecular formula is C11H22O2S. The molecule has 4 atom stereocenters. The minimum Gasteiger partial charge on any atom is -0.395 e. The summed E-state index contributed by atoms with van der Waals surface area (Å²) in [5.41, 5.74) is 0. The van der Waals surface area contributed by atoms with Gasteiger partial charge in [-0.05, 0) is 12.3 Å². The van der Waals surface area contributed by atoms with Gasteiger partial charge in [0.1, 0.15) is 0 Å². The Morgan fingerprint density at radius 2 is 2.00 bits per heavy atom. The molecule has 1 unspecified atom stereocenters. The van der Waals surface area contributed by atoms with Gasteiger partial charge in [0.05, 0.1) is 11.9 Å². The zero-order valence-corrected chi connectivity index (χ0v) is 10.1. The van der Waals surface area contributed by atoms with Crippen LogP contribution in [-0.4, -0.2) is 26.4 Å². The lowest BCUT2D eigenvalue weighted by atomic mass is 9.93. The molecule has 0 bridgehead atoms. The van der Waals surface area contributed by atoms with Gasteiger partial charge >= 0.3 is 0 Å². The monoisotopic (exact) mass is 218 g/mol. The van der Waals surface area contributed by atoms with E-state index in [4.69, 9.17) is 5.11 Å². The first kappa shape index (κ1) is 12.2. The largest absolute Gasteiger partial charge is 0.395 e. The molecule has 0 aromatic rings. The molecule has 1 heterocycles. The maximum Gasteiger partial charge on any atom is 0.0621 e. The van der Waals surface area contributed by atoms with E-state index in [9.17, 15) is 4.21 Å². The number of hydrogen-bond acceptors (Lipinski definition) is 2. The Bertz CT molecular complexity index is 194. The van der Waals surface area contributed by atoms with E-state index in [1.54, 1.807) is 0 Å². The number of rotatable bonds is 6. The Kier molecular flexibility index (Phi) is 5.10. The van der Waals surface area contributed by atoms with Crippen molar-refractivity contribution in [2.24, 2.45) is 5.92 Å². The van der Waals surface area contributed by atoms with Crippen LogP contribution in [0.3, 0.4) is 0 Å². The summed E-state index contributed by atoms with van der Waals surface area (Å²) in [6.07, 6.45) is 6.22.